The molecule has 4 heteroatoms. The van der Waals surface area contributed by atoms with Crippen molar-refractivity contribution >= 4 is 11.6 Å². The Morgan fingerprint density at radius 1 is 1.33 bits per heavy atom. The summed E-state index contributed by atoms with van der Waals surface area (Å²) in [5, 5.41) is 8.15. The lowest BCUT2D eigenvalue weighted by atomic mass is 10.0. The zero-order chi connectivity index (χ0) is 12.4. The van der Waals surface area contributed by atoms with Crippen molar-refractivity contribution in [3.8, 4) is 11.1 Å². The van der Waals surface area contributed by atoms with E-state index in [0.29, 0.717) is 6.04 Å². The maximum Gasteiger partial charge on any atom is 0.146 e. The van der Waals surface area contributed by atoms with Crippen molar-refractivity contribution in [2.45, 2.75) is 25.3 Å². The van der Waals surface area contributed by atoms with Crippen LogP contribution in [0.4, 0.5) is 0 Å². The third-order valence-electron chi connectivity index (χ3n) is 3.39. The van der Waals surface area contributed by atoms with Gasteiger partial charge in [0, 0.05) is 23.0 Å². The summed E-state index contributed by atoms with van der Waals surface area (Å²) in [5.41, 5.74) is 2.18. The summed E-state index contributed by atoms with van der Waals surface area (Å²) in [6, 6.07) is 8.30. The third kappa shape index (κ3) is 2.42. The van der Waals surface area contributed by atoms with Crippen LogP contribution in [-0.4, -0.2) is 17.7 Å². The third-order valence-corrected chi connectivity index (χ3v) is 3.65. The molecule has 18 heavy (non-hydrogen) atoms. The Morgan fingerprint density at radius 3 is 2.89 bits per heavy atom. The van der Waals surface area contributed by atoms with E-state index in [1.54, 1.807) is 6.20 Å². The van der Waals surface area contributed by atoms with Gasteiger partial charge in [0.05, 0.1) is 6.20 Å². The van der Waals surface area contributed by atoms with Crippen LogP contribution in [0, 0.1) is 0 Å². The molecule has 0 radical (unpaired) electrons. The Balaban J connectivity index is 1.84. The van der Waals surface area contributed by atoms with Gasteiger partial charge in [-0.3, -0.25) is 0 Å². The molecule has 1 unspecified atom stereocenters. The van der Waals surface area contributed by atoms with Crippen LogP contribution in [0.1, 0.15) is 18.6 Å². The van der Waals surface area contributed by atoms with Crippen LogP contribution in [0.5, 0.6) is 0 Å². The fourth-order valence-electron chi connectivity index (χ4n) is 2.43. The normalized spacial score (nSPS) is 19.3. The monoisotopic (exact) mass is 262 g/mol. The number of halogens is 1. The van der Waals surface area contributed by atoms with Gasteiger partial charge in [0.25, 0.3) is 0 Å². The average Bonchev–Trinajstić information content (AvgIpc) is 3.02. The summed E-state index contributed by atoms with van der Waals surface area (Å²) >= 11 is 5.90. The number of benzene rings is 1. The summed E-state index contributed by atoms with van der Waals surface area (Å²) in [7, 11) is 0. The van der Waals surface area contributed by atoms with E-state index in [-0.39, 0.29) is 0 Å². The number of nitrogens with one attached hydrogen (secondary N) is 1. The Kier molecular flexibility index (Phi) is 3.35. The lowest BCUT2D eigenvalue weighted by Crippen LogP contribution is -2.23. The highest BCUT2D eigenvalue weighted by molar-refractivity contribution is 6.30. The van der Waals surface area contributed by atoms with E-state index < -0.39 is 0 Å². The van der Waals surface area contributed by atoms with Crippen LogP contribution >= 0.6 is 11.6 Å². The topological polar surface area (TPSA) is 38.1 Å². The number of hydrogen-bond donors (Lipinski definition) is 1. The Bertz CT molecular complexity index is 515. The van der Waals surface area contributed by atoms with Crippen LogP contribution in [-0.2, 0) is 6.42 Å². The molecule has 0 amide bonds. The van der Waals surface area contributed by atoms with Gasteiger partial charge in [-0.2, -0.15) is 0 Å². The molecule has 1 aromatic carbocycles. The summed E-state index contributed by atoms with van der Waals surface area (Å²) in [5.74, 6) is 0.955. The minimum Gasteiger partial charge on any atom is -0.361 e. The van der Waals surface area contributed by atoms with Crippen molar-refractivity contribution < 1.29 is 4.52 Å². The molecule has 1 saturated heterocycles. The number of nitrogens with zero attached hydrogens (tertiary/aromatic N) is 1. The number of rotatable bonds is 3. The quantitative estimate of drug-likeness (QED) is 0.922. The standard InChI is InChI=1S/C14H15ClN2O/c15-11-5-3-10(4-6-11)13-9-17-18-14(13)8-12-2-1-7-16-12/h3-6,9,12,16H,1-2,7-8H2. The molecular formula is C14H15ClN2O. The zero-order valence-electron chi connectivity index (χ0n) is 10.0. The van der Waals surface area contributed by atoms with Crippen LogP contribution < -0.4 is 5.32 Å². The maximum atomic E-state index is 5.90. The van der Waals surface area contributed by atoms with Gasteiger partial charge < -0.3 is 9.84 Å². The molecular weight excluding hydrogens is 248 g/mol. The second-order valence-corrected chi connectivity index (χ2v) is 5.10. The SMILES string of the molecule is Clc1ccc(-c2cnoc2CC2CCCN2)cc1. The molecule has 1 atom stereocenters. The van der Waals surface area contributed by atoms with Crippen molar-refractivity contribution in [3.63, 3.8) is 0 Å². The molecule has 94 valence electrons. The summed E-state index contributed by atoms with van der Waals surface area (Å²) in [6.45, 7) is 1.11. The first-order chi connectivity index (χ1) is 8.83. The number of hydrogen-bond acceptors (Lipinski definition) is 3. The molecule has 0 saturated carbocycles. The summed E-state index contributed by atoms with van der Waals surface area (Å²) < 4.78 is 5.39. The molecule has 2 heterocycles. The van der Waals surface area contributed by atoms with E-state index in [9.17, 15) is 0 Å². The van der Waals surface area contributed by atoms with E-state index in [0.717, 1.165) is 34.9 Å². The molecule has 0 aliphatic carbocycles. The van der Waals surface area contributed by atoms with E-state index in [2.05, 4.69) is 10.5 Å². The minimum atomic E-state index is 0.518. The molecule has 0 bridgehead atoms. The molecule has 3 rings (SSSR count). The predicted molar refractivity (Wildman–Crippen MR) is 71.7 cm³/mol. The van der Waals surface area contributed by atoms with Crippen LogP contribution in [0.3, 0.4) is 0 Å². The van der Waals surface area contributed by atoms with E-state index in [1.807, 2.05) is 24.3 Å². The second kappa shape index (κ2) is 5.12. The smallest absolute Gasteiger partial charge is 0.146 e. The van der Waals surface area contributed by atoms with Gasteiger partial charge in [-0.15, -0.1) is 0 Å². The van der Waals surface area contributed by atoms with Crippen molar-refractivity contribution in [3.05, 3.63) is 41.2 Å². The fraction of sp³-hybridized carbons (Fsp3) is 0.357. The molecule has 1 aliphatic heterocycles. The molecule has 2 aromatic rings. The largest absolute Gasteiger partial charge is 0.361 e. The van der Waals surface area contributed by atoms with Gasteiger partial charge in [-0.05, 0) is 37.1 Å². The van der Waals surface area contributed by atoms with Gasteiger partial charge in [-0.1, -0.05) is 28.9 Å². The van der Waals surface area contributed by atoms with Crippen LogP contribution in [0.25, 0.3) is 11.1 Å². The first-order valence-electron chi connectivity index (χ1n) is 6.26. The highest BCUT2D eigenvalue weighted by atomic mass is 35.5. The zero-order valence-corrected chi connectivity index (χ0v) is 10.8. The van der Waals surface area contributed by atoms with Gasteiger partial charge in [0.1, 0.15) is 5.76 Å². The first kappa shape index (κ1) is 11.8. The van der Waals surface area contributed by atoms with Gasteiger partial charge in [0.2, 0.25) is 0 Å². The summed E-state index contributed by atoms with van der Waals surface area (Å²) in [4.78, 5) is 0. The second-order valence-electron chi connectivity index (χ2n) is 4.67. The minimum absolute atomic E-state index is 0.518. The van der Waals surface area contributed by atoms with E-state index >= 15 is 0 Å². The highest BCUT2D eigenvalue weighted by Gasteiger charge is 2.19. The van der Waals surface area contributed by atoms with Crippen molar-refractivity contribution in [1.82, 2.24) is 10.5 Å². The highest BCUT2D eigenvalue weighted by Crippen LogP contribution is 2.26. The molecule has 3 nitrogen and oxygen atoms in total. The summed E-state index contributed by atoms with van der Waals surface area (Å²) in [6.07, 6.45) is 5.14. The van der Waals surface area contributed by atoms with Gasteiger partial charge in [0.15, 0.2) is 0 Å². The maximum absolute atomic E-state index is 5.90. The lowest BCUT2D eigenvalue weighted by Gasteiger charge is -2.08. The van der Waals surface area contributed by atoms with Crippen LogP contribution in [0.15, 0.2) is 35.0 Å². The molecule has 1 aromatic heterocycles. The molecule has 1 aliphatic rings. The van der Waals surface area contributed by atoms with Crippen molar-refractivity contribution in [2.75, 3.05) is 6.54 Å². The van der Waals surface area contributed by atoms with Gasteiger partial charge >= 0.3 is 0 Å². The van der Waals surface area contributed by atoms with Crippen molar-refractivity contribution in [2.24, 2.45) is 0 Å². The van der Waals surface area contributed by atoms with Crippen molar-refractivity contribution in [1.29, 1.82) is 0 Å². The Morgan fingerprint density at radius 2 is 2.17 bits per heavy atom. The van der Waals surface area contributed by atoms with Crippen LogP contribution in [0.2, 0.25) is 5.02 Å². The van der Waals surface area contributed by atoms with E-state index in [1.165, 1.54) is 12.8 Å². The van der Waals surface area contributed by atoms with E-state index in [4.69, 9.17) is 16.1 Å². The average molecular weight is 263 g/mol. The molecule has 1 fully saturated rings. The Labute approximate surface area is 111 Å². The molecule has 1 N–H and O–H groups in total. The Hall–Kier alpha value is -1.32. The number of aromatic nitrogens is 1. The lowest BCUT2D eigenvalue weighted by molar-refractivity contribution is 0.370. The first-order valence-corrected chi connectivity index (χ1v) is 6.63. The predicted octanol–water partition coefficient (Wildman–Crippen LogP) is 3.29. The van der Waals surface area contributed by atoms with Gasteiger partial charge in [-0.25, -0.2) is 0 Å². The molecule has 0 spiro atoms. The fourth-order valence-corrected chi connectivity index (χ4v) is 2.56.